The highest BCUT2D eigenvalue weighted by Crippen LogP contribution is 2.32. The summed E-state index contributed by atoms with van der Waals surface area (Å²) in [6, 6.07) is 3.25. The number of hydrogen-bond acceptors (Lipinski definition) is 3. The van der Waals surface area contributed by atoms with Gasteiger partial charge >= 0.3 is 6.18 Å². The Morgan fingerprint density at radius 1 is 1.37 bits per heavy atom. The monoisotopic (exact) mass is 271 g/mol. The molecule has 0 unspecified atom stereocenters. The minimum Gasteiger partial charge on any atom is -0.368 e. The number of carbonyl (C=O) groups excluding carboxylic acids is 1. The number of halogens is 3. The van der Waals surface area contributed by atoms with E-state index in [1.54, 1.807) is 0 Å². The van der Waals surface area contributed by atoms with Gasteiger partial charge in [-0.1, -0.05) is 6.07 Å². The zero-order valence-electron chi connectivity index (χ0n) is 9.44. The Morgan fingerprint density at radius 2 is 2.05 bits per heavy atom. The van der Waals surface area contributed by atoms with Crippen LogP contribution in [0, 0.1) is 0 Å². The number of carbonyl (C=O) groups is 1. The van der Waals surface area contributed by atoms with Gasteiger partial charge in [0, 0.05) is 0 Å². The molecule has 0 bridgehead atoms. The van der Waals surface area contributed by atoms with Crippen LogP contribution >= 0.6 is 0 Å². The number of alkyl halides is 3. The molecule has 0 fully saturated rings. The van der Waals surface area contributed by atoms with Crippen LogP contribution in [0.5, 0.6) is 0 Å². The number of aromatic nitrogens is 2. The van der Waals surface area contributed by atoms with Gasteiger partial charge in [0.15, 0.2) is 0 Å². The predicted molar refractivity (Wildman–Crippen MR) is 60.2 cm³/mol. The first-order valence-corrected chi connectivity index (χ1v) is 5.14. The summed E-state index contributed by atoms with van der Waals surface area (Å²) in [6.07, 6.45) is -3.68. The molecule has 1 amide bonds. The molecule has 0 aliphatic heterocycles. The molecular formula is C11H8F3N3O2. The number of primary amides is 1. The number of amides is 1. The molecule has 0 aliphatic carbocycles. The molecule has 19 heavy (non-hydrogen) atoms. The van der Waals surface area contributed by atoms with E-state index in [9.17, 15) is 22.8 Å². The van der Waals surface area contributed by atoms with Crippen LogP contribution in [0.2, 0.25) is 0 Å². The summed E-state index contributed by atoms with van der Waals surface area (Å²) in [5, 5.41) is -0.571. The molecule has 100 valence electrons. The van der Waals surface area contributed by atoms with Gasteiger partial charge in [0.05, 0.1) is 22.8 Å². The Kier molecular flexibility index (Phi) is 3.01. The molecule has 1 aromatic heterocycles. The third kappa shape index (κ3) is 2.42. The van der Waals surface area contributed by atoms with Crippen LogP contribution in [0.25, 0.3) is 10.9 Å². The zero-order chi connectivity index (χ0) is 14.2. The Bertz CT molecular complexity index is 706. The maximum absolute atomic E-state index is 12.8. The Morgan fingerprint density at radius 3 is 2.63 bits per heavy atom. The second-order valence-corrected chi connectivity index (χ2v) is 3.84. The van der Waals surface area contributed by atoms with Crippen molar-refractivity contribution in [2.75, 3.05) is 0 Å². The molecule has 2 N–H and O–H groups in total. The van der Waals surface area contributed by atoms with Crippen molar-refractivity contribution < 1.29 is 18.0 Å². The lowest BCUT2D eigenvalue weighted by molar-refractivity contribution is -0.136. The molecule has 0 saturated heterocycles. The molecule has 8 heteroatoms. The first kappa shape index (κ1) is 13.1. The predicted octanol–water partition coefficient (Wildman–Crippen LogP) is 0.901. The van der Waals surface area contributed by atoms with Crippen LogP contribution < -0.4 is 11.3 Å². The van der Waals surface area contributed by atoms with Crippen molar-refractivity contribution in [2.24, 2.45) is 5.73 Å². The molecule has 1 heterocycles. The number of fused-ring (bicyclic) bond motifs is 1. The summed E-state index contributed by atoms with van der Waals surface area (Å²) in [6.45, 7) is -0.520. The van der Waals surface area contributed by atoms with E-state index in [-0.39, 0.29) is 5.52 Å². The lowest BCUT2D eigenvalue weighted by Crippen LogP contribution is -2.29. The van der Waals surface area contributed by atoms with Gasteiger partial charge in [-0.3, -0.25) is 14.2 Å². The molecule has 0 spiro atoms. The second-order valence-electron chi connectivity index (χ2n) is 3.84. The van der Waals surface area contributed by atoms with E-state index in [1.807, 2.05) is 0 Å². The average molecular weight is 271 g/mol. The fraction of sp³-hybridized carbons (Fsp3) is 0.182. The van der Waals surface area contributed by atoms with Crippen LogP contribution in [0.1, 0.15) is 5.56 Å². The van der Waals surface area contributed by atoms with Gasteiger partial charge in [-0.15, -0.1) is 0 Å². The summed E-state index contributed by atoms with van der Waals surface area (Å²) < 4.78 is 39.2. The van der Waals surface area contributed by atoms with Crippen LogP contribution in [-0.2, 0) is 17.5 Å². The maximum Gasteiger partial charge on any atom is 0.417 e. The zero-order valence-corrected chi connectivity index (χ0v) is 9.44. The van der Waals surface area contributed by atoms with Crippen LogP contribution in [-0.4, -0.2) is 15.5 Å². The van der Waals surface area contributed by atoms with Gasteiger partial charge in [-0.2, -0.15) is 13.2 Å². The van der Waals surface area contributed by atoms with Crippen molar-refractivity contribution in [3.05, 3.63) is 40.4 Å². The number of benzene rings is 1. The van der Waals surface area contributed by atoms with E-state index in [0.29, 0.717) is 0 Å². The number of nitrogens with two attached hydrogens (primary N) is 1. The smallest absolute Gasteiger partial charge is 0.368 e. The summed E-state index contributed by atoms with van der Waals surface area (Å²) in [4.78, 5) is 26.4. The van der Waals surface area contributed by atoms with E-state index in [1.165, 1.54) is 6.07 Å². The van der Waals surface area contributed by atoms with Crippen molar-refractivity contribution in [3.8, 4) is 0 Å². The summed E-state index contributed by atoms with van der Waals surface area (Å²) in [5.74, 6) is -0.840. The molecule has 2 aromatic rings. The standard InChI is InChI=1S/C11H8F3N3O2/c12-11(13,14)6-2-1-3-7-9(6)10(19)17(5-16-7)4-8(15)18/h1-3,5H,4H2,(H2,15,18). The molecular weight excluding hydrogens is 263 g/mol. The largest absolute Gasteiger partial charge is 0.417 e. The topological polar surface area (TPSA) is 78.0 Å². The van der Waals surface area contributed by atoms with Crippen molar-refractivity contribution in [3.63, 3.8) is 0 Å². The quantitative estimate of drug-likeness (QED) is 0.881. The van der Waals surface area contributed by atoms with Gasteiger partial charge in [-0.25, -0.2) is 4.98 Å². The normalized spacial score (nSPS) is 11.7. The van der Waals surface area contributed by atoms with Crippen LogP contribution in [0.15, 0.2) is 29.3 Å². The van der Waals surface area contributed by atoms with Crippen molar-refractivity contribution in [2.45, 2.75) is 12.7 Å². The van der Waals surface area contributed by atoms with Crippen molar-refractivity contribution >= 4 is 16.8 Å². The van der Waals surface area contributed by atoms with Gasteiger partial charge < -0.3 is 5.73 Å². The molecule has 2 rings (SSSR count). The Hall–Kier alpha value is -2.38. The lowest BCUT2D eigenvalue weighted by atomic mass is 10.1. The van der Waals surface area contributed by atoms with Crippen LogP contribution in [0.4, 0.5) is 13.2 Å². The van der Waals surface area contributed by atoms with Gasteiger partial charge in [0.25, 0.3) is 5.56 Å². The first-order valence-electron chi connectivity index (χ1n) is 5.14. The second kappa shape index (κ2) is 4.38. The highest BCUT2D eigenvalue weighted by Gasteiger charge is 2.33. The third-order valence-electron chi connectivity index (χ3n) is 2.48. The molecule has 0 saturated carbocycles. The fourth-order valence-electron chi connectivity index (χ4n) is 1.72. The minimum atomic E-state index is -4.67. The highest BCUT2D eigenvalue weighted by atomic mass is 19.4. The summed E-state index contributed by atoms with van der Waals surface area (Å²) in [7, 11) is 0. The molecule has 5 nitrogen and oxygen atoms in total. The third-order valence-corrected chi connectivity index (χ3v) is 2.48. The van der Waals surface area contributed by atoms with E-state index >= 15 is 0 Å². The maximum atomic E-state index is 12.8. The molecule has 1 aromatic carbocycles. The Labute approximate surface area is 104 Å². The van der Waals surface area contributed by atoms with Crippen molar-refractivity contribution in [1.82, 2.24) is 9.55 Å². The average Bonchev–Trinajstić information content (AvgIpc) is 2.30. The number of hydrogen-bond donors (Lipinski definition) is 1. The Balaban J connectivity index is 2.80. The van der Waals surface area contributed by atoms with Gasteiger partial charge in [0.2, 0.25) is 5.91 Å². The fourth-order valence-corrected chi connectivity index (χ4v) is 1.72. The van der Waals surface area contributed by atoms with E-state index < -0.39 is 35.1 Å². The highest BCUT2D eigenvalue weighted by molar-refractivity contribution is 5.82. The van der Waals surface area contributed by atoms with Gasteiger partial charge in [-0.05, 0) is 12.1 Å². The van der Waals surface area contributed by atoms with Crippen molar-refractivity contribution in [1.29, 1.82) is 0 Å². The SMILES string of the molecule is NC(=O)Cn1cnc2cccc(C(F)(F)F)c2c1=O. The number of nitrogens with zero attached hydrogens (tertiary/aromatic N) is 2. The lowest BCUT2D eigenvalue weighted by Gasteiger charge is -2.10. The van der Waals surface area contributed by atoms with E-state index in [0.717, 1.165) is 23.0 Å². The molecule has 0 atom stereocenters. The first-order chi connectivity index (χ1) is 8.80. The molecule has 0 aliphatic rings. The minimum absolute atomic E-state index is 0.0828. The van der Waals surface area contributed by atoms with E-state index in [2.05, 4.69) is 4.98 Å². The summed E-state index contributed by atoms with van der Waals surface area (Å²) in [5.41, 5.74) is 2.80. The van der Waals surface area contributed by atoms with Crippen LogP contribution in [0.3, 0.4) is 0 Å². The summed E-state index contributed by atoms with van der Waals surface area (Å²) >= 11 is 0. The molecule has 0 radical (unpaired) electrons. The van der Waals surface area contributed by atoms with E-state index in [4.69, 9.17) is 5.73 Å². The number of rotatable bonds is 2. The van der Waals surface area contributed by atoms with Gasteiger partial charge in [0.1, 0.15) is 6.54 Å².